The van der Waals surface area contributed by atoms with Crippen LogP contribution in [0.15, 0.2) is 30.3 Å². The van der Waals surface area contributed by atoms with E-state index in [4.69, 9.17) is 33.0 Å². The molecule has 0 atom stereocenters. The Morgan fingerprint density at radius 2 is 1.92 bits per heavy atom. The maximum Gasteiger partial charge on any atom is 0.352 e. The standard InChI is InChI=1S/C17H12Cl2N2O5/c1-20-16(23)9-4-7(2-3-13(9)22)26-15-10(18)6-11-8(14(15)19)5-12(21-11)17(24)25/h2-6,21-22H,1H3,(H,20,23)(H,24,25). The normalized spacial score (nSPS) is 10.7. The summed E-state index contributed by atoms with van der Waals surface area (Å²) in [6, 6.07) is 6.95. The Bertz CT molecular complexity index is 1050. The van der Waals surface area contributed by atoms with Crippen LogP contribution in [-0.4, -0.2) is 34.1 Å². The largest absolute Gasteiger partial charge is 0.507 e. The Kier molecular flexibility index (Phi) is 4.67. The fraction of sp³-hybridized carbons (Fsp3) is 0.0588. The molecule has 2 aromatic carbocycles. The lowest BCUT2D eigenvalue weighted by molar-refractivity contribution is 0.0691. The number of rotatable bonds is 4. The minimum atomic E-state index is -1.13. The van der Waals surface area contributed by atoms with Crippen LogP contribution in [0.1, 0.15) is 20.8 Å². The van der Waals surface area contributed by atoms with Gasteiger partial charge in [-0.05, 0) is 30.3 Å². The molecule has 0 aliphatic rings. The number of carboxylic acids is 1. The number of nitrogens with one attached hydrogen (secondary N) is 2. The van der Waals surface area contributed by atoms with Crippen LogP contribution in [0.25, 0.3) is 10.9 Å². The van der Waals surface area contributed by atoms with Crippen LogP contribution in [-0.2, 0) is 0 Å². The number of ether oxygens (including phenoxy) is 1. The summed E-state index contributed by atoms with van der Waals surface area (Å²) < 4.78 is 5.69. The molecule has 4 N–H and O–H groups in total. The van der Waals surface area contributed by atoms with Gasteiger partial charge >= 0.3 is 5.97 Å². The van der Waals surface area contributed by atoms with E-state index in [1.807, 2.05) is 0 Å². The predicted octanol–water partition coefficient (Wildman–Crippen LogP) is 4.03. The molecule has 26 heavy (non-hydrogen) atoms. The monoisotopic (exact) mass is 394 g/mol. The van der Waals surface area contributed by atoms with E-state index in [1.165, 1.54) is 37.4 Å². The molecule has 0 spiro atoms. The van der Waals surface area contributed by atoms with Crippen LogP contribution in [0, 0.1) is 0 Å². The third-order valence-corrected chi connectivity index (χ3v) is 4.32. The van der Waals surface area contributed by atoms with Gasteiger partial charge in [-0.2, -0.15) is 0 Å². The van der Waals surface area contributed by atoms with Crippen molar-refractivity contribution in [1.82, 2.24) is 10.3 Å². The van der Waals surface area contributed by atoms with Crippen LogP contribution < -0.4 is 10.1 Å². The quantitative estimate of drug-likeness (QED) is 0.533. The summed E-state index contributed by atoms with van der Waals surface area (Å²) in [5, 5.41) is 22.0. The summed E-state index contributed by atoms with van der Waals surface area (Å²) in [6.45, 7) is 0. The van der Waals surface area contributed by atoms with E-state index in [9.17, 15) is 14.7 Å². The van der Waals surface area contributed by atoms with E-state index < -0.39 is 11.9 Å². The molecule has 0 saturated carbocycles. The van der Waals surface area contributed by atoms with Crippen LogP contribution >= 0.6 is 23.2 Å². The summed E-state index contributed by atoms with van der Waals surface area (Å²) in [6.07, 6.45) is 0. The highest BCUT2D eigenvalue weighted by Gasteiger charge is 2.18. The molecule has 0 aliphatic heterocycles. The lowest BCUT2D eigenvalue weighted by atomic mass is 10.1. The van der Waals surface area contributed by atoms with Crippen LogP contribution in [0.2, 0.25) is 10.0 Å². The zero-order valence-electron chi connectivity index (χ0n) is 13.3. The molecular formula is C17H12Cl2N2O5. The predicted molar refractivity (Wildman–Crippen MR) is 96.8 cm³/mol. The number of carbonyl (C=O) groups excluding carboxylic acids is 1. The smallest absolute Gasteiger partial charge is 0.352 e. The Balaban J connectivity index is 2.06. The Labute approximate surface area is 157 Å². The second kappa shape index (κ2) is 6.78. The molecular weight excluding hydrogens is 383 g/mol. The number of benzene rings is 2. The highest BCUT2D eigenvalue weighted by molar-refractivity contribution is 6.41. The van der Waals surface area contributed by atoms with Gasteiger partial charge in [-0.1, -0.05) is 23.2 Å². The molecule has 0 fully saturated rings. The first-order valence-electron chi connectivity index (χ1n) is 7.28. The average Bonchev–Trinajstić information content (AvgIpc) is 3.03. The van der Waals surface area contributed by atoms with Crippen molar-refractivity contribution in [1.29, 1.82) is 0 Å². The summed E-state index contributed by atoms with van der Waals surface area (Å²) in [4.78, 5) is 25.6. The third-order valence-electron chi connectivity index (χ3n) is 3.66. The number of hydrogen-bond donors (Lipinski definition) is 4. The van der Waals surface area contributed by atoms with E-state index in [2.05, 4.69) is 10.3 Å². The SMILES string of the molecule is CNC(=O)c1cc(Oc2c(Cl)cc3[nH]c(C(=O)O)cc3c2Cl)ccc1O. The molecule has 134 valence electrons. The number of carbonyl (C=O) groups is 2. The first-order valence-corrected chi connectivity index (χ1v) is 8.04. The number of aromatic hydroxyl groups is 1. The number of aromatic nitrogens is 1. The number of fused-ring (bicyclic) bond motifs is 1. The van der Waals surface area contributed by atoms with E-state index in [0.717, 1.165) is 0 Å². The molecule has 1 heterocycles. The van der Waals surface area contributed by atoms with Gasteiger partial charge in [0.15, 0.2) is 5.75 Å². The fourth-order valence-electron chi connectivity index (χ4n) is 2.41. The zero-order valence-corrected chi connectivity index (χ0v) is 14.8. The Morgan fingerprint density at radius 1 is 1.19 bits per heavy atom. The van der Waals surface area contributed by atoms with Gasteiger partial charge in [-0.15, -0.1) is 0 Å². The average molecular weight is 395 g/mol. The van der Waals surface area contributed by atoms with Gasteiger partial charge < -0.3 is 25.3 Å². The van der Waals surface area contributed by atoms with Crippen LogP contribution in [0.3, 0.4) is 0 Å². The zero-order chi connectivity index (χ0) is 19.0. The van der Waals surface area contributed by atoms with Gasteiger partial charge in [0, 0.05) is 18.0 Å². The number of halogens is 2. The van der Waals surface area contributed by atoms with E-state index in [-0.39, 0.29) is 38.6 Å². The second-order valence-corrected chi connectivity index (χ2v) is 6.10. The molecule has 0 unspecified atom stereocenters. The molecule has 1 aromatic heterocycles. The Hall–Kier alpha value is -2.90. The first kappa shape index (κ1) is 17.9. The number of H-pyrrole nitrogens is 1. The van der Waals surface area contributed by atoms with Crippen molar-refractivity contribution in [2.24, 2.45) is 0 Å². The highest BCUT2D eigenvalue weighted by Crippen LogP contribution is 2.42. The van der Waals surface area contributed by atoms with Crippen molar-refractivity contribution in [2.45, 2.75) is 0 Å². The molecule has 3 rings (SSSR count). The highest BCUT2D eigenvalue weighted by atomic mass is 35.5. The minimum absolute atomic E-state index is 0.0214. The fourth-order valence-corrected chi connectivity index (χ4v) is 2.99. The summed E-state index contributed by atoms with van der Waals surface area (Å²) in [5.41, 5.74) is 0.427. The van der Waals surface area contributed by atoms with Crippen molar-refractivity contribution in [3.8, 4) is 17.2 Å². The van der Waals surface area contributed by atoms with Gasteiger partial charge in [-0.3, -0.25) is 4.79 Å². The molecule has 0 aliphatic carbocycles. The molecule has 0 radical (unpaired) electrons. The number of phenolic OH excluding ortho intramolecular Hbond substituents is 1. The third kappa shape index (κ3) is 3.14. The lowest BCUT2D eigenvalue weighted by Crippen LogP contribution is -2.17. The molecule has 9 heteroatoms. The van der Waals surface area contributed by atoms with Gasteiger partial charge in [0.2, 0.25) is 0 Å². The summed E-state index contributed by atoms with van der Waals surface area (Å²) >= 11 is 12.5. The molecule has 0 bridgehead atoms. The molecule has 7 nitrogen and oxygen atoms in total. The van der Waals surface area contributed by atoms with Crippen molar-refractivity contribution in [3.05, 3.63) is 51.6 Å². The maximum atomic E-state index is 11.8. The van der Waals surface area contributed by atoms with Crippen molar-refractivity contribution in [2.75, 3.05) is 7.05 Å². The van der Waals surface area contributed by atoms with Crippen molar-refractivity contribution < 1.29 is 24.5 Å². The Morgan fingerprint density at radius 3 is 2.58 bits per heavy atom. The van der Waals surface area contributed by atoms with Gasteiger partial charge in [-0.25, -0.2) is 4.79 Å². The number of amides is 1. The van der Waals surface area contributed by atoms with Gasteiger partial charge in [0.25, 0.3) is 5.91 Å². The molecule has 1 amide bonds. The first-order chi connectivity index (χ1) is 12.3. The summed E-state index contributed by atoms with van der Waals surface area (Å²) in [5.74, 6) is -1.51. The topological polar surface area (TPSA) is 112 Å². The molecule has 3 aromatic rings. The second-order valence-electron chi connectivity index (χ2n) is 5.31. The van der Waals surface area contributed by atoms with Crippen LogP contribution in [0.5, 0.6) is 17.2 Å². The van der Waals surface area contributed by atoms with E-state index in [0.29, 0.717) is 10.9 Å². The number of aromatic amines is 1. The van der Waals surface area contributed by atoms with E-state index in [1.54, 1.807) is 0 Å². The van der Waals surface area contributed by atoms with Crippen LogP contribution in [0.4, 0.5) is 0 Å². The van der Waals surface area contributed by atoms with Crippen molar-refractivity contribution >= 4 is 46.0 Å². The minimum Gasteiger partial charge on any atom is -0.507 e. The molecule has 0 saturated heterocycles. The van der Waals surface area contributed by atoms with Crippen molar-refractivity contribution in [3.63, 3.8) is 0 Å². The number of carboxylic acid groups (broad SMARTS) is 1. The lowest BCUT2D eigenvalue weighted by Gasteiger charge is -2.12. The number of hydrogen-bond acceptors (Lipinski definition) is 4. The maximum absolute atomic E-state index is 11.8. The number of aromatic carboxylic acids is 1. The van der Waals surface area contributed by atoms with Gasteiger partial charge in [0.1, 0.15) is 17.2 Å². The van der Waals surface area contributed by atoms with Gasteiger partial charge in [0.05, 0.1) is 15.6 Å². The van der Waals surface area contributed by atoms with E-state index >= 15 is 0 Å². The summed E-state index contributed by atoms with van der Waals surface area (Å²) in [7, 11) is 1.43. The number of phenols is 1.